The Balaban J connectivity index is 0.000000286. The third kappa shape index (κ3) is 9.44. The van der Waals surface area contributed by atoms with Crippen LogP contribution < -0.4 is 4.74 Å². The van der Waals surface area contributed by atoms with Crippen molar-refractivity contribution < 1.29 is 55.6 Å². The first kappa shape index (κ1) is 30.2. The summed E-state index contributed by atoms with van der Waals surface area (Å²) in [6.07, 6.45) is -7.34. The molecule has 2 fully saturated rings. The number of halogens is 6. The van der Waals surface area contributed by atoms with E-state index in [1.165, 1.54) is 5.69 Å². The fraction of sp³-hybridized carbons (Fsp3) is 0.524. The van der Waals surface area contributed by atoms with Gasteiger partial charge in [-0.15, -0.1) is 11.3 Å². The minimum absolute atomic E-state index is 0.0279. The molecule has 4 rings (SSSR count). The summed E-state index contributed by atoms with van der Waals surface area (Å²) in [5, 5.41) is 17.5. The summed E-state index contributed by atoms with van der Waals surface area (Å²) in [6.45, 7) is 6.43. The lowest BCUT2D eigenvalue weighted by atomic mass is 9.81. The fourth-order valence-corrected chi connectivity index (χ4v) is 4.12. The fourth-order valence-electron chi connectivity index (χ4n) is 3.52. The zero-order valence-corrected chi connectivity index (χ0v) is 20.1. The monoisotopic (exact) mass is 559 g/mol. The Morgan fingerprint density at radius 3 is 2.22 bits per heavy atom. The minimum Gasteiger partial charge on any atom is -0.477 e. The van der Waals surface area contributed by atoms with Gasteiger partial charge in [-0.25, -0.2) is 19.6 Å². The number of pyridine rings is 1. The van der Waals surface area contributed by atoms with Gasteiger partial charge in [0.1, 0.15) is 0 Å². The summed E-state index contributed by atoms with van der Waals surface area (Å²) in [5.74, 6) is -4.37. The van der Waals surface area contributed by atoms with Crippen molar-refractivity contribution in [3.05, 3.63) is 40.5 Å². The summed E-state index contributed by atoms with van der Waals surface area (Å²) in [7, 11) is 0. The number of likely N-dealkylation sites (tertiary alicyclic amines) is 1. The second-order valence-corrected chi connectivity index (χ2v) is 9.05. The predicted molar refractivity (Wildman–Crippen MR) is 116 cm³/mol. The number of ether oxygens (including phenoxy) is 2. The van der Waals surface area contributed by atoms with Gasteiger partial charge in [0.15, 0.2) is 0 Å². The van der Waals surface area contributed by atoms with Crippen molar-refractivity contribution in [1.29, 1.82) is 0 Å². The summed E-state index contributed by atoms with van der Waals surface area (Å²) in [6, 6.07) is 5.75. The molecule has 2 aromatic rings. The van der Waals surface area contributed by atoms with Gasteiger partial charge >= 0.3 is 24.3 Å². The molecule has 0 amide bonds. The number of thiazole rings is 1. The van der Waals surface area contributed by atoms with Crippen LogP contribution >= 0.6 is 11.3 Å². The maximum absolute atomic E-state index is 10.6. The van der Waals surface area contributed by atoms with Crippen molar-refractivity contribution in [2.24, 2.45) is 5.92 Å². The number of carbonyl (C=O) groups is 2. The van der Waals surface area contributed by atoms with E-state index in [2.05, 4.69) is 27.2 Å². The molecular formula is C21H23F6N3O6S. The molecule has 37 heavy (non-hydrogen) atoms. The smallest absolute Gasteiger partial charge is 0.477 e. The zero-order valence-electron chi connectivity index (χ0n) is 19.3. The molecule has 0 saturated carbocycles. The number of carboxylic acids is 2. The van der Waals surface area contributed by atoms with Gasteiger partial charge in [0.05, 0.1) is 22.9 Å². The first-order chi connectivity index (χ1) is 17.1. The number of carboxylic acid groups (broad SMARTS) is 2. The molecular weight excluding hydrogens is 536 g/mol. The number of aryl methyl sites for hydroxylation is 1. The lowest BCUT2D eigenvalue weighted by Crippen LogP contribution is -2.64. The number of nitrogens with zero attached hydrogens (tertiary/aromatic N) is 3. The minimum atomic E-state index is -5.08. The first-order valence-electron chi connectivity index (χ1n) is 10.5. The van der Waals surface area contributed by atoms with Gasteiger partial charge in [0, 0.05) is 49.8 Å². The molecule has 2 N–H and O–H groups in total. The SMILES string of the molecule is Cc1nc(CN2CC3(C2)OCCC3COc2ccccn2)cs1.O=C(O)C(F)(F)F.O=C(O)C(F)(F)F. The number of aromatic nitrogens is 2. The highest BCUT2D eigenvalue weighted by molar-refractivity contribution is 7.09. The summed E-state index contributed by atoms with van der Waals surface area (Å²) >= 11 is 1.72. The third-order valence-corrected chi connectivity index (χ3v) is 6.01. The standard InChI is InChI=1S/C17H21N3O2S.2C2HF3O2/c1-13-19-15(10-23-13)8-20-11-17(12-20)14(5-7-22-17)9-21-16-4-2-3-6-18-16;2*3-2(4,5)1(6)7/h2-4,6,10,14H,5,7-9,11-12H2,1H3;2*(H,6,7). The quantitative estimate of drug-likeness (QED) is 0.527. The van der Waals surface area contributed by atoms with Crippen LogP contribution in [0.25, 0.3) is 0 Å². The maximum atomic E-state index is 10.6. The maximum Gasteiger partial charge on any atom is 0.490 e. The Hall–Kier alpha value is -2.98. The van der Waals surface area contributed by atoms with Gasteiger partial charge in [-0.3, -0.25) is 4.90 Å². The molecule has 2 aliphatic rings. The Labute approximate surface area is 210 Å². The zero-order chi connectivity index (χ0) is 27.9. The van der Waals surface area contributed by atoms with Crippen LogP contribution in [0.1, 0.15) is 17.1 Å². The summed E-state index contributed by atoms with van der Waals surface area (Å²) < 4.78 is 75.4. The highest BCUT2D eigenvalue weighted by Gasteiger charge is 2.53. The van der Waals surface area contributed by atoms with E-state index in [0.717, 1.165) is 37.7 Å². The van der Waals surface area contributed by atoms with E-state index in [0.29, 0.717) is 18.4 Å². The molecule has 2 aliphatic heterocycles. The molecule has 2 aromatic heterocycles. The van der Waals surface area contributed by atoms with Gasteiger partial charge in [-0.05, 0) is 19.4 Å². The summed E-state index contributed by atoms with van der Waals surface area (Å²) in [4.78, 5) is 29.0. The molecule has 2 saturated heterocycles. The van der Waals surface area contributed by atoms with E-state index in [9.17, 15) is 26.3 Å². The van der Waals surface area contributed by atoms with Crippen LogP contribution in [0.4, 0.5) is 26.3 Å². The second-order valence-electron chi connectivity index (χ2n) is 7.99. The third-order valence-electron chi connectivity index (χ3n) is 5.19. The van der Waals surface area contributed by atoms with E-state index in [1.54, 1.807) is 17.5 Å². The van der Waals surface area contributed by atoms with E-state index in [-0.39, 0.29) is 5.60 Å². The normalized spacial score (nSPS) is 18.6. The molecule has 206 valence electrons. The Bertz CT molecular complexity index is 1000. The van der Waals surface area contributed by atoms with Crippen LogP contribution in [-0.2, 0) is 20.9 Å². The van der Waals surface area contributed by atoms with E-state index < -0.39 is 24.3 Å². The number of alkyl halides is 6. The lowest BCUT2D eigenvalue weighted by Gasteiger charge is -2.50. The van der Waals surface area contributed by atoms with Gasteiger partial charge < -0.3 is 19.7 Å². The van der Waals surface area contributed by atoms with Crippen LogP contribution in [0.5, 0.6) is 5.88 Å². The van der Waals surface area contributed by atoms with E-state index >= 15 is 0 Å². The van der Waals surface area contributed by atoms with E-state index in [4.69, 9.17) is 29.3 Å². The predicted octanol–water partition coefficient (Wildman–Crippen LogP) is 3.78. The van der Waals surface area contributed by atoms with E-state index in [1.807, 2.05) is 18.2 Å². The van der Waals surface area contributed by atoms with Crippen molar-refractivity contribution in [3.63, 3.8) is 0 Å². The number of rotatable bonds is 5. The first-order valence-corrected chi connectivity index (χ1v) is 11.4. The molecule has 1 spiro atoms. The number of hydrogen-bond acceptors (Lipinski definition) is 8. The highest BCUT2D eigenvalue weighted by Crippen LogP contribution is 2.40. The second kappa shape index (κ2) is 12.5. The lowest BCUT2D eigenvalue weighted by molar-refractivity contribution is -0.193. The number of hydrogen-bond donors (Lipinski definition) is 2. The Kier molecular flexibility index (Phi) is 10.2. The van der Waals surface area contributed by atoms with Crippen LogP contribution in [-0.4, -0.2) is 81.3 Å². The van der Waals surface area contributed by atoms with Gasteiger partial charge in [-0.1, -0.05) is 6.07 Å². The average Bonchev–Trinajstić information content (AvgIpc) is 3.38. The van der Waals surface area contributed by atoms with Crippen LogP contribution in [0.2, 0.25) is 0 Å². The van der Waals surface area contributed by atoms with Crippen LogP contribution in [0.3, 0.4) is 0 Å². The molecule has 0 radical (unpaired) electrons. The van der Waals surface area contributed by atoms with Crippen LogP contribution in [0, 0.1) is 12.8 Å². The van der Waals surface area contributed by atoms with Crippen molar-refractivity contribution in [2.45, 2.75) is 37.8 Å². The topological polar surface area (TPSA) is 122 Å². The highest BCUT2D eigenvalue weighted by atomic mass is 32.1. The molecule has 1 unspecified atom stereocenters. The largest absolute Gasteiger partial charge is 0.490 e. The van der Waals surface area contributed by atoms with Crippen molar-refractivity contribution in [1.82, 2.24) is 14.9 Å². The van der Waals surface area contributed by atoms with Crippen molar-refractivity contribution in [2.75, 3.05) is 26.3 Å². The van der Waals surface area contributed by atoms with Gasteiger partial charge in [0.25, 0.3) is 0 Å². The van der Waals surface area contributed by atoms with Gasteiger partial charge in [0.2, 0.25) is 5.88 Å². The van der Waals surface area contributed by atoms with Crippen molar-refractivity contribution in [3.8, 4) is 5.88 Å². The molecule has 1 atom stereocenters. The average molecular weight is 559 g/mol. The number of aliphatic carboxylic acids is 2. The van der Waals surface area contributed by atoms with Gasteiger partial charge in [-0.2, -0.15) is 26.3 Å². The molecule has 0 aliphatic carbocycles. The Morgan fingerprint density at radius 1 is 1.16 bits per heavy atom. The molecule has 0 bridgehead atoms. The van der Waals surface area contributed by atoms with Crippen LogP contribution in [0.15, 0.2) is 29.8 Å². The molecule has 9 nitrogen and oxygen atoms in total. The van der Waals surface area contributed by atoms with Crippen molar-refractivity contribution >= 4 is 23.3 Å². The molecule has 4 heterocycles. The molecule has 16 heteroatoms. The summed E-state index contributed by atoms with van der Waals surface area (Å²) in [5.41, 5.74) is 1.14. The molecule has 0 aromatic carbocycles. The Morgan fingerprint density at radius 2 is 1.76 bits per heavy atom.